The van der Waals surface area contributed by atoms with Gasteiger partial charge in [0, 0.05) is 30.7 Å². The second-order valence-electron chi connectivity index (χ2n) is 7.43. The Kier molecular flexibility index (Phi) is 5.30. The van der Waals surface area contributed by atoms with Gasteiger partial charge in [-0.15, -0.1) is 0 Å². The minimum Gasteiger partial charge on any atom is -0.308 e. The maximum absolute atomic E-state index is 3.96. The highest BCUT2D eigenvalue weighted by molar-refractivity contribution is 5.00. The summed E-state index contributed by atoms with van der Waals surface area (Å²) in [5.41, 5.74) is 0.454. The third-order valence-corrected chi connectivity index (χ3v) is 5.38. The highest BCUT2D eigenvalue weighted by atomic mass is 15.3. The molecular formula is C17H34N2. The lowest BCUT2D eigenvalue weighted by Gasteiger charge is -2.52. The van der Waals surface area contributed by atoms with Crippen molar-refractivity contribution in [3.8, 4) is 0 Å². The van der Waals surface area contributed by atoms with Crippen molar-refractivity contribution in [2.45, 2.75) is 90.3 Å². The van der Waals surface area contributed by atoms with E-state index in [1.54, 1.807) is 0 Å². The molecule has 0 aromatic rings. The zero-order valence-corrected chi connectivity index (χ0v) is 13.5. The molecule has 1 N–H and O–H groups in total. The van der Waals surface area contributed by atoms with E-state index in [0.717, 1.165) is 18.0 Å². The van der Waals surface area contributed by atoms with Crippen LogP contribution in [0.5, 0.6) is 0 Å². The molecule has 2 rings (SSSR count). The molecule has 2 heteroatoms. The second kappa shape index (κ2) is 6.58. The van der Waals surface area contributed by atoms with E-state index in [-0.39, 0.29) is 0 Å². The molecule has 112 valence electrons. The largest absolute Gasteiger partial charge is 0.308 e. The van der Waals surface area contributed by atoms with Crippen molar-refractivity contribution >= 4 is 0 Å². The van der Waals surface area contributed by atoms with Gasteiger partial charge in [0.05, 0.1) is 0 Å². The Labute approximate surface area is 120 Å². The molecular weight excluding hydrogens is 232 g/mol. The number of hydrogen-bond donors (Lipinski definition) is 1. The van der Waals surface area contributed by atoms with Crippen molar-refractivity contribution in [2.75, 3.05) is 13.1 Å². The summed E-state index contributed by atoms with van der Waals surface area (Å²) in [6, 6.07) is 1.49. The maximum Gasteiger partial charge on any atom is 0.0309 e. The molecule has 2 atom stereocenters. The van der Waals surface area contributed by atoms with Crippen LogP contribution in [-0.4, -0.2) is 35.6 Å². The molecule has 1 heterocycles. The van der Waals surface area contributed by atoms with E-state index in [0.29, 0.717) is 5.54 Å². The van der Waals surface area contributed by atoms with Crippen molar-refractivity contribution in [3.05, 3.63) is 0 Å². The van der Waals surface area contributed by atoms with Crippen LogP contribution in [0, 0.1) is 5.92 Å². The van der Waals surface area contributed by atoms with E-state index >= 15 is 0 Å². The van der Waals surface area contributed by atoms with Crippen molar-refractivity contribution < 1.29 is 0 Å². The lowest BCUT2D eigenvalue weighted by Crippen LogP contribution is -2.66. The fraction of sp³-hybridized carbons (Fsp3) is 1.00. The first-order chi connectivity index (χ1) is 9.06. The molecule has 2 aliphatic rings. The minimum absolute atomic E-state index is 0.454. The smallest absolute Gasteiger partial charge is 0.0309 e. The van der Waals surface area contributed by atoms with Crippen LogP contribution in [0.2, 0.25) is 0 Å². The third-order valence-electron chi connectivity index (χ3n) is 5.38. The van der Waals surface area contributed by atoms with Gasteiger partial charge in [0.15, 0.2) is 0 Å². The second-order valence-corrected chi connectivity index (χ2v) is 7.43. The Balaban J connectivity index is 2.05. The molecule has 2 fully saturated rings. The molecule has 1 spiro atoms. The average molecular weight is 266 g/mol. The van der Waals surface area contributed by atoms with Gasteiger partial charge in [0.25, 0.3) is 0 Å². The molecule has 2 unspecified atom stereocenters. The van der Waals surface area contributed by atoms with Gasteiger partial charge in [-0.05, 0) is 38.5 Å². The van der Waals surface area contributed by atoms with Gasteiger partial charge in [-0.3, -0.25) is 4.90 Å². The summed E-state index contributed by atoms with van der Waals surface area (Å²) in [5, 5.41) is 3.96. The van der Waals surface area contributed by atoms with E-state index < -0.39 is 0 Å². The third kappa shape index (κ3) is 3.72. The molecule has 0 radical (unpaired) electrons. The Hall–Kier alpha value is -0.0800. The lowest BCUT2D eigenvalue weighted by molar-refractivity contribution is 0.0200. The summed E-state index contributed by atoms with van der Waals surface area (Å²) in [7, 11) is 0. The first-order valence-electron chi connectivity index (χ1n) is 8.57. The summed E-state index contributed by atoms with van der Waals surface area (Å²) in [6.45, 7) is 12.0. The van der Waals surface area contributed by atoms with Crippen LogP contribution >= 0.6 is 0 Å². The standard InChI is InChI=1S/C17H34N2/c1-5-15(4)19-13-17(9-7-6-8-10-17)18-12-16(19)11-14(2)3/h14-16,18H,5-13H2,1-4H3. The van der Waals surface area contributed by atoms with Crippen LogP contribution in [0.3, 0.4) is 0 Å². The first-order valence-corrected chi connectivity index (χ1v) is 8.57. The van der Waals surface area contributed by atoms with Gasteiger partial charge in [-0.2, -0.15) is 0 Å². The Morgan fingerprint density at radius 3 is 2.42 bits per heavy atom. The van der Waals surface area contributed by atoms with Crippen LogP contribution in [-0.2, 0) is 0 Å². The van der Waals surface area contributed by atoms with Gasteiger partial charge >= 0.3 is 0 Å². The van der Waals surface area contributed by atoms with Crippen LogP contribution in [0.15, 0.2) is 0 Å². The molecule has 0 amide bonds. The molecule has 1 saturated carbocycles. The highest BCUT2D eigenvalue weighted by Crippen LogP contribution is 2.34. The van der Waals surface area contributed by atoms with E-state index in [9.17, 15) is 0 Å². The van der Waals surface area contributed by atoms with E-state index in [2.05, 4.69) is 37.9 Å². The molecule has 0 bridgehead atoms. The van der Waals surface area contributed by atoms with E-state index in [1.165, 1.54) is 58.0 Å². The Bertz CT molecular complexity index is 268. The predicted molar refractivity (Wildman–Crippen MR) is 83.5 cm³/mol. The molecule has 1 saturated heterocycles. The topological polar surface area (TPSA) is 15.3 Å². The van der Waals surface area contributed by atoms with Crippen molar-refractivity contribution in [2.24, 2.45) is 5.92 Å². The van der Waals surface area contributed by atoms with Crippen molar-refractivity contribution in [3.63, 3.8) is 0 Å². The van der Waals surface area contributed by atoms with Crippen molar-refractivity contribution in [1.82, 2.24) is 10.2 Å². The number of hydrogen-bond acceptors (Lipinski definition) is 2. The van der Waals surface area contributed by atoms with Gasteiger partial charge in [0.2, 0.25) is 0 Å². The monoisotopic (exact) mass is 266 g/mol. The molecule has 1 aliphatic carbocycles. The molecule has 0 aromatic heterocycles. The first kappa shape index (κ1) is 15.3. The van der Waals surface area contributed by atoms with Crippen molar-refractivity contribution in [1.29, 1.82) is 0 Å². The highest BCUT2D eigenvalue weighted by Gasteiger charge is 2.40. The van der Waals surface area contributed by atoms with E-state index in [1.807, 2.05) is 0 Å². The zero-order chi connectivity index (χ0) is 13.9. The lowest BCUT2D eigenvalue weighted by atomic mass is 9.78. The fourth-order valence-electron chi connectivity index (χ4n) is 4.06. The number of rotatable bonds is 4. The van der Waals surface area contributed by atoms with Crippen LogP contribution < -0.4 is 5.32 Å². The number of piperazine rings is 1. The number of nitrogens with zero attached hydrogens (tertiary/aromatic N) is 1. The maximum atomic E-state index is 3.96. The van der Waals surface area contributed by atoms with Gasteiger partial charge in [-0.1, -0.05) is 40.0 Å². The predicted octanol–water partition coefficient (Wildman–Crippen LogP) is 3.81. The Morgan fingerprint density at radius 2 is 1.84 bits per heavy atom. The molecule has 0 aromatic carbocycles. The van der Waals surface area contributed by atoms with Crippen LogP contribution in [0.1, 0.15) is 72.6 Å². The SMILES string of the molecule is CCC(C)N1CC2(CCCCC2)NCC1CC(C)C. The summed E-state index contributed by atoms with van der Waals surface area (Å²) < 4.78 is 0. The van der Waals surface area contributed by atoms with Crippen LogP contribution in [0.25, 0.3) is 0 Å². The normalized spacial score (nSPS) is 29.8. The van der Waals surface area contributed by atoms with Gasteiger partial charge in [0.1, 0.15) is 0 Å². The van der Waals surface area contributed by atoms with E-state index in [4.69, 9.17) is 0 Å². The molecule has 2 nitrogen and oxygen atoms in total. The zero-order valence-electron chi connectivity index (χ0n) is 13.5. The number of nitrogens with one attached hydrogen (secondary N) is 1. The van der Waals surface area contributed by atoms with Gasteiger partial charge in [-0.25, -0.2) is 0 Å². The molecule has 19 heavy (non-hydrogen) atoms. The summed E-state index contributed by atoms with van der Waals surface area (Å²) in [6.07, 6.45) is 9.72. The fourth-order valence-corrected chi connectivity index (χ4v) is 4.06. The quantitative estimate of drug-likeness (QED) is 0.832. The van der Waals surface area contributed by atoms with Crippen LogP contribution in [0.4, 0.5) is 0 Å². The Morgan fingerprint density at radius 1 is 1.16 bits per heavy atom. The minimum atomic E-state index is 0.454. The average Bonchev–Trinajstić information content (AvgIpc) is 2.41. The van der Waals surface area contributed by atoms with Gasteiger partial charge < -0.3 is 5.32 Å². The summed E-state index contributed by atoms with van der Waals surface area (Å²) in [4.78, 5) is 2.84. The molecule has 1 aliphatic heterocycles. The summed E-state index contributed by atoms with van der Waals surface area (Å²) >= 11 is 0. The summed E-state index contributed by atoms with van der Waals surface area (Å²) in [5.74, 6) is 0.804.